The molecule has 0 radical (unpaired) electrons. The minimum Gasteiger partial charge on any atom is -0.378 e. The van der Waals surface area contributed by atoms with Crippen LogP contribution in [0.1, 0.15) is 36.8 Å². The molecule has 2 aliphatic rings. The number of anilines is 2. The van der Waals surface area contributed by atoms with Gasteiger partial charge in [0.2, 0.25) is 0 Å². The van der Waals surface area contributed by atoms with E-state index in [0.717, 1.165) is 81.7 Å². The highest BCUT2D eigenvalue weighted by molar-refractivity contribution is 5.82. The van der Waals surface area contributed by atoms with E-state index in [1.54, 1.807) is 12.4 Å². The number of pyridine rings is 1. The maximum atomic E-state index is 12.8. The van der Waals surface area contributed by atoms with Crippen LogP contribution in [0, 0.1) is 5.92 Å². The summed E-state index contributed by atoms with van der Waals surface area (Å²) >= 11 is 0. The van der Waals surface area contributed by atoms with Gasteiger partial charge in [-0.3, -0.25) is 9.97 Å². The number of benzene rings is 1. The van der Waals surface area contributed by atoms with Gasteiger partial charge in [-0.15, -0.1) is 0 Å². The molecule has 0 atom stereocenters. The maximum Gasteiger partial charge on any atom is 0.417 e. The first-order chi connectivity index (χ1) is 16.5. The highest BCUT2D eigenvalue weighted by Gasteiger charge is 2.31. The summed E-state index contributed by atoms with van der Waals surface area (Å²) in [5, 5.41) is 3.31. The van der Waals surface area contributed by atoms with E-state index in [0.29, 0.717) is 11.7 Å². The predicted octanol–water partition coefficient (Wildman–Crippen LogP) is 5.09. The van der Waals surface area contributed by atoms with Gasteiger partial charge in [-0.1, -0.05) is 0 Å². The summed E-state index contributed by atoms with van der Waals surface area (Å²) in [5.41, 5.74) is 3.57. The van der Waals surface area contributed by atoms with E-state index >= 15 is 0 Å². The Morgan fingerprint density at radius 3 is 2.44 bits per heavy atom. The second kappa shape index (κ2) is 9.74. The van der Waals surface area contributed by atoms with Crippen LogP contribution < -0.4 is 10.2 Å². The normalized spacial score (nSPS) is 21.6. The summed E-state index contributed by atoms with van der Waals surface area (Å²) < 4.78 is 43.8. The zero-order chi connectivity index (χ0) is 23.5. The van der Waals surface area contributed by atoms with Crippen LogP contribution in [0.2, 0.25) is 0 Å². The summed E-state index contributed by atoms with van der Waals surface area (Å²) in [6.45, 7) is 3.22. The van der Waals surface area contributed by atoms with Gasteiger partial charge in [0.1, 0.15) is 5.82 Å². The van der Waals surface area contributed by atoms with Crippen LogP contribution in [0.15, 0.2) is 42.9 Å². The molecular formula is C25H28F3N5O. The minimum atomic E-state index is -4.36. The molecular weight excluding hydrogens is 443 g/mol. The number of nitrogens with zero attached hydrogens (tertiary/aromatic N) is 4. The van der Waals surface area contributed by atoms with Crippen LogP contribution in [0.4, 0.5) is 24.7 Å². The van der Waals surface area contributed by atoms with Crippen LogP contribution in [0.3, 0.4) is 0 Å². The standard InChI is InChI=1S/C25H28F3N5O/c26-25(27,28)19-3-6-23(31-16-19)32-20-4-1-17(2-5-20)13-18-14-21(33-9-11-34-12-10-33)15-22-24(18)30-8-7-29-22/h3,6-8,14-17,20H,1-2,4-5,9-13H2,(H,31,32). The molecule has 2 aromatic heterocycles. The number of aromatic nitrogens is 3. The van der Waals surface area contributed by atoms with E-state index in [4.69, 9.17) is 4.74 Å². The summed E-state index contributed by atoms with van der Waals surface area (Å²) in [7, 11) is 0. The molecule has 180 valence electrons. The first kappa shape index (κ1) is 22.8. The van der Waals surface area contributed by atoms with Crippen molar-refractivity contribution in [2.24, 2.45) is 5.92 Å². The SMILES string of the molecule is FC(F)(F)c1ccc(NC2CCC(Cc3cc(N4CCOCC4)cc4nccnc34)CC2)nc1. The van der Waals surface area contributed by atoms with Gasteiger partial charge in [0.15, 0.2) is 0 Å². The van der Waals surface area contributed by atoms with Crippen molar-refractivity contribution in [3.8, 4) is 0 Å². The number of hydrogen-bond donors (Lipinski definition) is 1. The summed E-state index contributed by atoms with van der Waals surface area (Å²) in [6, 6.07) is 7.09. The van der Waals surface area contributed by atoms with Crippen LogP contribution in [-0.2, 0) is 17.3 Å². The molecule has 0 unspecified atom stereocenters. The fourth-order valence-electron chi connectivity index (χ4n) is 4.97. The van der Waals surface area contributed by atoms with Gasteiger partial charge in [-0.25, -0.2) is 4.98 Å². The van der Waals surface area contributed by atoms with Gasteiger partial charge in [-0.05, 0) is 67.9 Å². The van der Waals surface area contributed by atoms with Gasteiger partial charge < -0.3 is 15.0 Å². The van der Waals surface area contributed by atoms with Crippen molar-refractivity contribution in [2.45, 2.75) is 44.3 Å². The molecule has 1 aliphatic heterocycles. The number of morpholine rings is 1. The van der Waals surface area contributed by atoms with Crippen molar-refractivity contribution in [1.82, 2.24) is 15.0 Å². The molecule has 1 saturated carbocycles. The molecule has 2 fully saturated rings. The van der Waals surface area contributed by atoms with E-state index in [1.807, 2.05) is 0 Å². The topological polar surface area (TPSA) is 63.2 Å². The second-order valence-corrected chi connectivity index (χ2v) is 9.12. The van der Waals surface area contributed by atoms with Crippen molar-refractivity contribution in [1.29, 1.82) is 0 Å². The Bertz CT molecular complexity index is 1110. The van der Waals surface area contributed by atoms with E-state index in [9.17, 15) is 13.2 Å². The molecule has 1 aliphatic carbocycles. The molecule has 1 saturated heterocycles. The van der Waals surface area contributed by atoms with Crippen molar-refractivity contribution in [3.05, 3.63) is 54.0 Å². The van der Waals surface area contributed by atoms with E-state index in [2.05, 4.69) is 37.3 Å². The first-order valence-electron chi connectivity index (χ1n) is 11.8. The Hall–Kier alpha value is -2.94. The lowest BCUT2D eigenvalue weighted by Crippen LogP contribution is -2.36. The third kappa shape index (κ3) is 5.24. The molecule has 9 heteroatoms. The average Bonchev–Trinajstić information content (AvgIpc) is 2.85. The fraction of sp³-hybridized carbons (Fsp3) is 0.480. The first-order valence-corrected chi connectivity index (χ1v) is 11.8. The zero-order valence-corrected chi connectivity index (χ0v) is 18.9. The lowest BCUT2D eigenvalue weighted by molar-refractivity contribution is -0.137. The molecule has 3 aromatic rings. The summed E-state index contributed by atoms with van der Waals surface area (Å²) in [4.78, 5) is 15.5. The third-order valence-electron chi connectivity index (χ3n) is 6.81. The molecule has 3 heterocycles. The molecule has 6 nitrogen and oxygen atoms in total. The van der Waals surface area contributed by atoms with Gasteiger partial charge >= 0.3 is 6.18 Å². The predicted molar refractivity (Wildman–Crippen MR) is 125 cm³/mol. The Morgan fingerprint density at radius 2 is 1.74 bits per heavy atom. The number of halogens is 3. The van der Waals surface area contributed by atoms with E-state index in [-0.39, 0.29) is 6.04 Å². The number of rotatable bonds is 5. The summed E-state index contributed by atoms with van der Waals surface area (Å²) in [5.74, 6) is 1.03. The lowest BCUT2D eigenvalue weighted by atomic mass is 9.82. The Labute approximate surface area is 196 Å². The molecule has 0 spiro atoms. The van der Waals surface area contributed by atoms with Crippen LogP contribution >= 0.6 is 0 Å². The Balaban J connectivity index is 1.23. The van der Waals surface area contributed by atoms with Crippen molar-refractivity contribution in [2.75, 3.05) is 36.5 Å². The van der Waals surface area contributed by atoms with Crippen LogP contribution in [-0.4, -0.2) is 47.3 Å². The van der Waals surface area contributed by atoms with Gasteiger partial charge in [0.25, 0.3) is 0 Å². The van der Waals surface area contributed by atoms with Crippen molar-refractivity contribution < 1.29 is 17.9 Å². The van der Waals surface area contributed by atoms with Gasteiger partial charge in [-0.2, -0.15) is 13.2 Å². The van der Waals surface area contributed by atoms with Gasteiger partial charge in [0.05, 0.1) is 29.8 Å². The fourth-order valence-corrected chi connectivity index (χ4v) is 4.97. The van der Waals surface area contributed by atoms with Gasteiger partial charge in [0, 0.05) is 43.4 Å². The minimum absolute atomic E-state index is 0.219. The number of ether oxygens (including phenoxy) is 1. The smallest absolute Gasteiger partial charge is 0.378 e. The Kier molecular flexibility index (Phi) is 6.54. The largest absolute Gasteiger partial charge is 0.417 e. The second-order valence-electron chi connectivity index (χ2n) is 9.12. The number of hydrogen-bond acceptors (Lipinski definition) is 6. The highest BCUT2D eigenvalue weighted by Crippen LogP contribution is 2.33. The third-order valence-corrected chi connectivity index (χ3v) is 6.81. The lowest BCUT2D eigenvalue weighted by Gasteiger charge is -2.31. The quantitative estimate of drug-likeness (QED) is 0.559. The van der Waals surface area contributed by atoms with Crippen LogP contribution in [0.25, 0.3) is 11.0 Å². The maximum absolute atomic E-state index is 12.8. The van der Waals surface area contributed by atoms with E-state index in [1.165, 1.54) is 17.3 Å². The molecule has 1 aromatic carbocycles. The monoisotopic (exact) mass is 471 g/mol. The highest BCUT2D eigenvalue weighted by atomic mass is 19.4. The molecule has 1 N–H and O–H groups in total. The number of nitrogens with one attached hydrogen (secondary N) is 1. The molecule has 5 rings (SSSR count). The molecule has 34 heavy (non-hydrogen) atoms. The Morgan fingerprint density at radius 1 is 0.971 bits per heavy atom. The molecule has 0 amide bonds. The average molecular weight is 472 g/mol. The van der Waals surface area contributed by atoms with Crippen molar-refractivity contribution >= 4 is 22.5 Å². The van der Waals surface area contributed by atoms with E-state index < -0.39 is 11.7 Å². The number of fused-ring (bicyclic) bond motifs is 1. The molecule has 0 bridgehead atoms. The summed E-state index contributed by atoms with van der Waals surface area (Å²) in [6.07, 6.45) is 4.96. The van der Waals surface area contributed by atoms with Crippen LogP contribution in [0.5, 0.6) is 0 Å². The number of alkyl halides is 3. The zero-order valence-electron chi connectivity index (χ0n) is 18.9. The van der Waals surface area contributed by atoms with Crippen molar-refractivity contribution in [3.63, 3.8) is 0 Å².